The summed E-state index contributed by atoms with van der Waals surface area (Å²) < 4.78 is 0. The Bertz CT molecular complexity index is 129. The highest BCUT2D eigenvalue weighted by Crippen LogP contribution is 2.27. The average molecular weight is 154 g/mol. The zero-order chi connectivity index (χ0) is 8.74. The molecule has 1 saturated heterocycles. The predicted octanol–water partition coefficient (Wildman–Crippen LogP) is 1.93. The van der Waals surface area contributed by atoms with Gasteiger partial charge in [-0.2, -0.15) is 5.26 Å². The fourth-order valence-electron chi connectivity index (χ4n) is 1.21. The standard InChI is InChI=1S/C7H12N2.C2H6/c1-7(2-4-8)3-5-9-6-7;1-2/h9H,2-3,5-6H2,1H3;1-2H3. The van der Waals surface area contributed by atoms with Crippen molar-refractivity contribution in [3.8, 4) is 6.07 Å². The van der Waals surface area contributed by atoms with E-state index in [0.29, 0.717) is 6.42 Å². The monoisotopic (exact) mass is 154 g/mol. The molecule has 0 amide bonds. The molecular formula is C9H18N2. The maximum Gasteiger partial charge on any atom is 0.0627 e. The third-order valence-corrected chi connectivity index (χ3v) is 1.96. The number of nitrogens with zero attached hydrogens (tertiary/aromatic N) is 1. The number of rotatable bonds is 1. The van der Waals surface area contributed by atoms with E-state index in [-0.39, 0.29) is 5.41 Å². The Morgan fingerprint density at radius 1 is 1.55 bits per heavy atom. The Morgan fingerprint density at radius 3 is 2.55 bits per heavy atom. The zero-order valence-electron chi connectivity index (χ0n) is 7.78. The van der Waals surface area contributed by atoms with Crippen molar-refractivity contribution in [3.05, 3.63) is 0 Å². The van der Waals surface area contributed by atoms with E-state index in [4.69, 9.17) is 5.26 Å². The van der Waals surface area contributed by atoms with Crippen LogP contribution in [-0.4, -0.2) is 13.1 Å². The molecule has 64 valence electrons. The molecule has 2 heteroatoms. The van der Waals surface area contributed by atoms with Crippen LogP contribution in [0.15, 0.2) is 0 Å². The van der Waals surface area contributed by atoms with Crippen LogP contribution < -0.4 is 5.32 Å². The van der Waals surface area contributed by atoms with Crippen LogP contribution in [0, 0.1) is 16.7 Å². The summed E-state index contributed by atoms with van der Waals surface area (Å²) in [7, 11) is 0. The molecule has 2 nitrogen and oxygen atoms in total. The number of hydrogen-bond donors (Lipinski definition) is 1. The first-order valence-corrected chi connectivity index (χ1v) is 4.34. The first-order valence-electron chi connectivity index (χ1n) is 4.34. The lowest BCUT2D eigenvalue weighted by Gasteiger charge is -2.16. The summed E-state index contributed by atoms with van der Waals surface area (Å²) in [5.41, 5.74) is 0.273. The number of nitriles is 1. The molecule has 1 fully saturated rings. The molecule has 1 aliphatic heterocycles. The first kappa shape index (κ1) is 10.4. The lowest BCUT2D eigenvalue weighted by molar-refractivity contribution is 0.375. The van der Waals surface area contributed by atoms with Crippen LogP contribution in [0.1, 0.15) is 33.6 Å². The highest BCUT2D eigenvalue weighted by Gasteiger charge is 2.27. The largest absolute Gasteiger partial charge is 0.316 e. The van der Waals surface area contributed by atoms with Gasteiger partial charge in [0.25, 0.3) is 0 Å². The van der Waals surface area contributed by atoms with Gasteiger partial charge in [-0.05, 0) is 18.4 Å². The SMILES string of the molecule is CC.CC1(CC#N)CCNC1. The molecule has 1 rings (SSSR count). The highest BCUT2D eigenvalue weighted by atomic mass is 14.9. The highest BCUT2D eigenvalue weighted by molar-refractivity contribution is 4.91. The van der Waals surface area contributed by atoms with E-state index >= 15 is 0 Å². The fourth-order valence-corrected chi connectivity index (χ4v) is 1.21. The van der Waals surface area contributed by atoms with Crippen LogP contribution >= 0.6 is 0 Å². The van der Waals surface area contributed by atoms with E-state index in [0.717, 1.165) is 19.5 Å². The van der Waals surface area contributed by atoms with E-state index in [9.17, 15) is 0 Å². The van der Waals surface area contributed by atoms with Crippen molar-refractivity contribution in [2.45, 2.75) is 33.6 Å². The minimum absolute atomic E-state index is 0.273. The van der Waals surface area contributed by atoms with Gasteiger partial charge in [0.1, 0.15) is 0 Å². The van der Waals surface area contributed by atoms with Gasteiger partial charge in [0.15, 0.2) is 0 Å². The van der Waals surface area contributed by atoms with Gasteiger partial charge in [0, 0.05) is 13.0 Å². The molecule has 0 saturated carbocycles. The second-order valence-electron chi connectivity index (χ2n) is 3.07. The molecule has 1 unspecified atom stereocenters. The third kappa shape index (κ3) is 3.38. The third-order valence-electron chi connectivity index (χ3n) is 1.96. The quantitative estimate of drug-likeness (QED) is 0.626. The topological polar surface area (TPSA) is 35.8 Å². The van der Waals surface area contributed by atoms with E-state index < -0.39 is 0 Å². The van der Waals surface area contributed by atoms with E-state index in [1.165, 1.54) is 0 Å². The molecule has 0 aromatic heterocycles. The second kappa shape index (κ2) is 5.15. The maximum absolute atomic E-state index is 8.41. The van der Waals surface area contributed by atoms with Gasteiger partial charge in [-0.1, -0.05) is 20.8 Å². The summed E-state index contributed by atoms with van der Waals surface area (Å²) in [6, 6.07) is 2.21. The van der Waals surface area contributed by atoms with Crippen molar-refractivity contribution in [3.63, 3.8) is 0 Å². The predicted molar refractivity (Wildman–Crippen MR) is 47.2 cm³/mol. The van der Waals surface area contributed by atoms with E-state index in [2.05, 4.69) is 18.3 Å². The molecule has 0 aromatic carbocycles. The van der Waals surface area contributed by atoms with Crippen LogP contribution in [-0.2, 0) is 0 Å². The van der Waals surface area contributed by atoms with Crippen molar-refractivity contribution in [2.75, 3.05) is 13.1 Å². The molecule has 0 aromatic rings. The van der Waals surface area contributed by atoms with Gasteiger partial charge in [-0.25, -0.2) is 0 Å². The summed E-state index contributed by atoms with van der Waals surface area (Å²) in [4.78, 5) is 0. The Labute approximate surface area is 69.6 Å². The van der Waals surface area contributed by atoms with Crippen LogP contribution in [0.25, 0.3) is 0 Å². The summed E-state index contributed by atoms with van der Waals surface area (Å²) in [6.07, 6.45) is 1.85. The molecule has 0 spiro atoms. The normalized spacial score (nSPS) is 28.5. The molecule has 1 atom stereocenters. The Balaban J connectivity index is 0.000000461. The van der Waals surface area contributed by atoms with Crippen molar-refractivity contribution < 1.29 is 0 Å². The maximum atomic E-state index is 8.41. The van der Waals surface area contributed by atoms with Crippen LogP contribution in [0.5, 0.6) is 0 Å². The van der Waals surface area contributed by atoms with Gasteiger partial charge >= 0.3 is 0 Å². The van der Waals surface area contributed by atoms with Crippen LogP contribution in [0.3, 0.4) is 0 Å². The van der Waals surface area contributed by atoms with Gasteiger partial charge in [-0.3, -0.25) is 0 Å². The summed E-state index contributed by atoms with van der Waals surface area (Å²) in [5.74, 6) is 0. The van der Waals surface area contributed by atoms with Crippen molar-refractivity contribution >= 4 is 0 Å². The van der Waals surface area contributed by atoms with Crippen LogP contribution in [0.4, 0.5) is 0 Å². The number of hydrogen-bond acceptors (Lipinski definition) is 2. The molecular weight excluding hydrogens is 136 g/mol. The summed E-state index contributed by atoms with van der Waals surface area (Å²) in [5, 5.41) is 11.7. The molecule has 1 N–H and O–H groups in total. The molecule has 0 aliphatic carbocycles. The van der Waals surface area contributed by atoms with Gasteiger partial charge in [-0.15, -0.1) is 0 Å². The lowest BCUT2D eigenvalue weighted by Crippen LogP contribution is -2.18. The smallest absolute Gasteiger partial charge is 0.0627 e. The second-order valence-corrected chi connectivity index (χ2v) is 3.07. The summed E-state index contributed by atoms with van der Waals surface area (Å²) in [6.45, 7) is 8.26. The Morgan fingerprint density at radius 2 is 2.18 bits per heavy atom. The molecule has 0 radical (unpaired) electrons. The van der Waals surface area contributed by atoms with Crippen molar-refractivity contribution in [2.24, 2.45) is 5.41 Å². The van der Waals surface area contributed by atoms with Crippen molar-refractivity contribution in [1.29, 1.82) is 5.26 Å². The Hall–Kier alpha value is -0.550. The Kier molecular flexibility index (Phi) is 4.89. The minimum Gasteiger partial charge on any atom is -0.316 e. The summed E-state index contributed by atoms with van der Waals surface area (Å²) >= 11 is 0. The van der Waals surface area contributed by atoms with E-state index in [1.54, 1.807) is 0 Å². The molecule has 1 heterocycles. The van der Waals surface area contributed by atoms with Gasteiger partial charge in [0.05, 0.1) is 6.07 Å². The average Bonchev–Trinajstić information content (AvgIpc) is 2.41. The van der Waals surface area contributed by atoms with Gasteiger partial charge in [0.2, 0.25) is 0 Å². The molecule has 0 bridgehead atoms. The van der Waals surface area contributed by atoms with Crippen molar-refractivity contribution in [1.82, 2.24) is 5.32 Å². The fraction of sp³-hybridized carbons (Fsp3) is 0.889. The van der Waals surface area contributed by atoms with E-state index in [1.807, 2.05) is 13.8 Å². The zero-order valence-corrected chi connectivity index (χ0v) is 7.78. The van der Waals surface area contributed by atoms with Gasteiger partial charge < -0.3 is 5.32 Å². The minimum atomic E-state index is 0.273. The first-order chi connectivity index (χ1) is 5.27. The van der Waals surface area contributed by atoms with Crippen LogP contribution in [0.2, 0.25) is 0 Å². The molecule has 11 heavy (non-hydrogen) atoms. The number of nitrogens with one attached hydrogen (secondary N) is 1. The lowest BCUT2D eigenvalue weighted by atomic mass is 9.87. The molecule has 1 aliphatic rings.